The highest BCUT2D eigenvalue weighted by Crippen LogP contribution is 2.39. The number of nitrogens with zero attached hydrogens (tertiary/aromatic N) is 1. The summed E-state index contributed by atoms with van der Waals surface area (Å²) in [4.78, 5) is 51.3. The van der Waals surface area contributed by atoms with Crippen LogP contribution in [0.3, 0.4) is 0 Å². The van der Waals surface area contributed by atoms with E-state index in [1.54, 1.807) is 0 Å². The zero-order chi connectivity index (χ0) is 21.4. The number of imide groups is 1. The first kappa shape index (κ1) is 19.5. The molecule has 0 aromatic heterocycles. The summed E-state index contributed by atoms with van der Waals surface area (Å²) in [7, 11) is 1.10. The third kappa shape index (κ3) is 3.06. The fraction of sp³-hybridized carbons (Fsp3) is 0.167. The number of esters is 1. The Bertz CT molecular complexity index is 1200. The Balaban J connectivity index is 1.88. The minimum atomic E-state index is -1.65. The lowest BCUT2D eigenvalue weighted by atomic mass is 9.91. The van der Waals surface area contributed by atoms with Gasteiger partial charge in [0.1, 0.15) is 0 Å². The highest BCUT2D eigenvalue weighted by molar-refractivity contribution is 6.23. The second-order valence-corrected chi connectivity index (χ2v) is 7.17. The van der Waals surface area contributed by atoms with Gasteiger partial charge < -0.3 is 4.74 Å². The summed E-state index contributed by atoms with van der Waals surface area (Å²) in [5.74, 6) is -4.66. The summed E-state index contributed by atoms with van der Waals surface area (Å²) < 4.78 is 4.60. The van der Waals surface area contributed by atoms with Gasteiger partial charge in [-0.1, -0.05) is 54.6 Å². The number of methoxy groups -OCH3 is 1. The van der Waals surface area contributed by atoms with Crippen LogP contribution in [-0.4, -0.2) is 35.6 Å². The van der Waals surface area contributed by atoms with Crippen molar-refractivity contribution in [1.29, 1.82) is 0 Å². The van der Waals surface area contributed by atoms with E-state index in [1.165, 1.54) is 0 Å². The molecule has 1 aliphatic rings. The molecule has 0 bridgehead atoms. The lowest BCUT2D eigenvalue weighted by Crippen LogP contribution is -2.43. The van der Waals surface area contributed by atoms with Crippen molar-refractivity contribution in [2.45, 2.75) is 13.5 Å². The highest BCUT2D eigenvalue weighted by atomic mass is 16.5. The summed E-state index contributed by atoms with van der Waals surface area (Å²) in [6.45, 7) is 1.13. The van der Waals surface area contributed by atoms with Gasteiger partial charge in [-0.25, -0.2) is 0 Å². The standard InChI is InChI=1S/C24H19NO5/c1-14(26)19(24(29)30-2)22(27)25-13-17-12-16-10-6-7-11-18(16)20(21(17)23(25)28)15-8-4-3-5-9-15/h3-12,19H,13H2,1-2H3. The van der Waals surface area contributed by atoms with Crippen LogP contribution in [0.2, 0.25) is 0 Å². The fourth-order valence-corrected chi connectivity index (χ4v) is 3.95. The van der Waals surface area contributed by atoms with E-state index in [1.807, 2.05) is 60.7 Å². The van der Waals surface area contributed by atoms with Gasteiger partial charge in [-0.15, -0.1) is 0 Å². The Labute approximate surface area is 173 Å². The first-order valence-corrected chi connectivity index (χ1v) is 9.48. The molecule has 1 aliphatic heterocycles. The number of ketones is 1. The Morgan fingerprint density at radius 3 is 2.30 bits per heavy atom. The Morgan fingerprint density at radius 2 is 1.63 bits per heavy atom. The van der Waals surface area contributed by atoms with E-state index in [2.05, 4.69) is 4.74 Å². The van der Waals surface area contributed by atoms with Crippen LogP contribution in [0.1, 0.15) is 22.8 Å². The maximum atomic E-state index is 13.4. The molecule has 0 saturated carbocycles. The number of Topliss-reactive ketones (excluding diaryl/α,β-unsaturated/α-hetero) is 1. The minimum Gasteiger partial charge on any atom is -0.468 e. The van der Waals surface area contributed by atoms with Gasteiger partial charge in [-0.3, -0.25) is 24.1 Å². The van der Waals surface area contributed by atoms with E-state index in [0.29, 0.717) is 11.1 Å². The number of hydrogen-bond donors (Lipinski definition) is 0. The molecule has 1 atom stereocenters. The van der Waals surface area contributed by atoms with Gasteiger partial charge in [0.15, 0.2) is 11.7 Å². The predicted octanol–water partition coefficient (Wildman–Crippen LogP) is 3.37. The van der Waals surface area contributed by atoms with E-state index in [0.717, 1.165) is 40.8 Å². The number of hydrogen-bond acceptors (Lipinski definition) is 5. The summed E-state index contributed by atoms with van der Waals surface area (Å²) in [6.07, 6.45) is 0. The fourth-order valence-electron chi connectivity index (χ4n) is 3.95. The van der Waals surface area contributed by atoms with Gasteiger partial charge in [0.05, 0.1) is 19.2 Å². The number of rotatable bonds is 4. The van der Waals surface area contributed by atoms with Crippen molar-refractivity contribution in [3.05, 3.63) is 71.8 Å². The van der Waals surface area contributed by atoms with Crippen molar-refractivity contribution < 1.29 is 23.9 Å². The second kappa shape index (κ2) is 7.55. The molecular formula is C24H19NO5. The normalized spacial score (nSPS) is 13.8. The zero-order valence-electron chi connectivity index (χ0n) is 16.5. The quantitative estimate of drug-likeness (QED) is 0.495. The molecule has 0 radical (unpaired) electrons. The van der Waals surface area contributed by atoms with E-state index in [4.69, 9.17) is 0 Å². The summed E-state index contributed by atoms with van der Waals surface area (Å²) in [6, 6.07) is 19.0. The maximum Gasteiger partial charge on any atom is 0.325 e. The summed E-state index contributed by atoms with van der Waals surface area (Å²) >= 11 is 0. The predicted molar refractivity (Wildman–Crippen MR) is 110 cm³/mol. The van der Waals surface area contributed by atoms with Gasteiger partial charge >= 0.3 is 5.97 Å². The summed E-state index contributed by atoms with van der Waals surface area (Å²) in [5, 5.41) is 1.83. The van der Waals surface area contributed by atoms with Crippen molar-refractivity contribution in [1.82, 2.24) is 4.90 Å². The van der Waals surface area contributed by atoms with Crippen LogP contribution in [0.4, 0.5) is 0 Å². The monoisotopic (exact) mass is 401 g/mol. The van der Waals surface area contributed by atoms with Gasteiger partial charge in [-0.05, 0) is 34.9 Å². The summed E-state index contributed by atoms with van der Waals surface area (Å²) in [5.41, 5.74) is 2.68. The smallest absolute Gasteiger partial charge is 0.325 e. The number of amides is 2. The van der Waals surface area contributed by atoms with Crippen LogP contribution in [0.25, 0.3) is 21.9 Å². The van der Waals surface area contributed by atoms with Crippen molar-refractivity contribution in [3.63, 3.8) is 0 Å². The molecule has 6 heteroatoms. The molecular weight excluding hydrogens is 382 g/mol. The first-order chi connectivity index (χ1) is 14.4. The third-order valence-electron chi connectivity index (χ3n) is 5.34. The van der Waals surface area contributed by atoms with E-state index in [9.17, 15) is 19.2 Å². The molecule has 0 aliphatic carbocycles. The molecule has 150 valence electrons. The Morgan fingerprint density at radius 1 is 0.967 bits per heavy atom. The van der Waals surface area contributed by atoms with Crippen LogP contribution in [0, 0.1) is 5.92 Å². The van der Waals surface area contributed by atoms with Crippen LogP contribution in [0.15, 0.2) is 60.7 Å². The van der Waals surface area contributed by atoms with Gasteiger partial charge in [0.2, 0.25) is 0 Å². The van der Waals surface area contributed by atoms with Gasteiger partial charge in [0, 0.05) is 5.56 Å². The number of carbonyl (C=O) groups is 4. The molecule has 1 heterocycles. The first-order valence-electron chi connectivity index (χ1n) is 9.48. The molecule has 6 nitrogen and oxygen atoms in total. The van der Waals surface area contributed by atoms with Crippen molar-refractivity contribution in [3.8, 4) is 11.1 Å². The van der Waals surface area contributed by atoms with Crippen LogP contribution in [0.5, 0.6) is 0 Å². The lowest BCUT2D eigenvalue weighted by molar-refractivity contribution is -0.155. The SMILES string of the molecule is COC(=O)C(C(C)=O)C(=O)N1Cc2cc3ccccc3c(-c3ccccc3)c2C1=O. The topological polar surface area (TPSA) is 80.8 Å². The molecule has 4 rings (SSSR count). The molecule has 0 fully saturated rings. The molecule has 30 heavy (non-hydrogen) atoms. The van der Waals surface area contributed by atoms with Crippen LogP contribution in [-0.2, 0) is 25.7 Å². The molecule has 3 aromatic carbocycles. The van der Waals surface area contributed by atoms with Crippen LogP contribution < -0.4 is 0 Å². The molecule has 0 spiro atoms. The van der Waals surface area contributed by atoms with Crippen molar-refractivity contribution >= 4 is 34.3 Å². The molecule has 2 amide bonds. The molecule has 0 saturated heterocycles. The van der Waals surface area contributed by atoms with E-state index < -0.39 is 29.5 Å². The molecule has 0 N–H and O–H groups in total. The van der Waals surface area contributed by atoms with Gasteiger partial charge in [0.25, 0.3) is 11.8 Å². The number of ether oxygens (including phenoxy) is 1. The Kier molecular flexibility index (Phi) is 4.91. The minimum absolute atomic E-state index is 0.00155. The highest BCUT2D eigenvalue weighted by Gasteiger charge is 2.42. The van der Waals surface area contributed by atoms with Gasteiger partial charge in [-0.2, -0.15) is 0 Å². The average molecular weight is 401 g/mol. The van der Waals surface area contributed by atoms with E-state index >= 15 is 0 Å². The largest absolute Gasteiger partial charge is 0.468 e. The van der Waals surface area contributed by atoms with Crippen molar-refractivity contribution in [2.24, 2.45) is 5.92 Å². The van der Waals surface area contributed by atoms with E-state index in [-0.39, 0.29) is 6.54 Å². The molecule has 1 unspecified atom stereocenters. The zero-order valence-corrected chi connectivity index (χ0v) is 16.5. The lowest BCUT2D eigenvalue weighted by Gasteiger charge is -2.18. The number of carbonyl (C=O) groups excluding carboxylic acids is 4. The van der Waals surface area contributed by atoms with Crippen molar-refractivity contribution in [2.75, 3.05) is 7.11 Å². The molecule has 3 aromatic rings. The Hall–Kier alpha value is -3.80. The maximum absolute atomic E-state index is 13.4. The number of fused-ring (bicyclic) bond motifs is 2. The average Bonchev–Trinajstić information content (AvgIpc) is 3.08. The third-order valence-corrected chi connectivity index (χ3v) is 5.34. The second-order valence-electron chi connectivity index (χ2n) is 7.17. The number of benzene rings is 3. The van der Waals surface area contributed by atoms with Crippen LogP contribution >= 0.6 is 0 Å².